The second-order valence-corrected chi connectivity index (χ2v) is 5.59. The zero-order chi connectivity index (χ0) is 14.5. The van der Waals surface area contributed by atoms with Gasteiger partial charge < -0.3 is 19.9 Å². The molecule has 2 amide bonds. The Kier molecular flexibility index (Phi) is 5.23. The van der Waals surface area contributed by atoms with Crippen LogP contribution in [0.1, 0.15) is 26.7 Å². The van der Waals surface area contributed by atoms with Crippen LogP contribution in [0.2, 0.25) is 0 Å². The first-order valence-corrected chi connectivity index (χ1v) is 7.55. The largest absolute Gasteiger partial charge is 0.450 e. The van der Waals surface area contributed by atoms with Gasteiger partial charge in [-0.3, -0.25) is 4.79 Å². The molecule has 0 spiro atoms. The number of carbonyl (C=O) groups is 2. The Morgan fingerprint density at radius 1 is 1.20 bits per heavy atom. The summed E-state index contributed by atoms with van der Waals surface area (Å²) in [5.41, 5.74) is 0. The number of hydrogen-bond donors (Lipinski definition) is 1. The maximum atomic E-state index is 12.5. The Hall–Kier alpha value is -1.30. The molecule has 0 aliphatic carbocycles. The van der Waals surface area contributed by atoms with E-state index in [9.17, 15) is 9.59 Å². The summed E-state index contributed by atoms with van der Waals surface area (Å²) in [6, 6.07) is 0.415. The number of rotatable bonds is 2. The predicted molar refractivity (Wildman–Crippen MR) is 75.4 cm³/mol. The monoisotopic (exact) mass is 283 g/mol. The summed E-state index contributed by atoms with van der Waals surface area (Å²) in [6.45, 7) is 7.63. The highest BCUT2D eigenvalue weighted by Crippen LogP contribution is 2.19. The van der Waals surface area contributed by atoms with Gasteiger partial charge in [0.15, 0.2) is 0 Å². The molecular formula is C14H25N3O3. The third kappa shape index (κ3) is 3.62. The number of ether oxygens (including phenoxy) is 1. The molecule has 6 nitrogen and oxygen atoms in total. The van der Waals surface area contributed by atoms with Crippen LogP contribution in [0, 0.1) is 5.92 Å². The number of piperidine rings is 1. The van der Waals surface area contributed by atoms with Crippen LogP contribution in [0.25, 0.3) is 0 Å². The van der Waals surface area contributed by atoms with Crippen LogP contribution in [0.15, 0.2) is 0 Å². The standard InChI is InChI=1S/C14H25N3O3/c1-3-20-14(19)17-8-6-16(7-9-17)13(18)12-4-5-15-11(2)10-12/h11-12,15H,3-10H2,1-2H3. The molecule has 2 rings (SSSR count). The minimum atomic E-state index is -0.268. The van der Waals surface area contributed by atoms with Crippen molar-refractivity contribution < 1.29 is 14.3 Å². The first kappa shape index (κ1) is 15.1. The van der Waals surface area contributed by atoms with Gasteiger partial charge >= 0.3 is 6.09 Å². The van der Waals surface area contributed by atoms with Gasteiger partial charge in [-0.25, -0.2) is 4.79 Å². The van der Waals surface area contributed by atoms with Gasteiger partial charge in [0, 0.05) is 38.1 Å². The topological polar surface area (TPSA) is 61.9 Å². The average Bonchev–Trinajstić information content (AvgIpc) is 2.47. The van der Waals surface area contributed by atoms with Crippen LogP contribution in [0.3, 0.4) is 0 Å². The molecule has 0 saturated carbocycles. The lowest BCUT2D eigenvalue weighted by atomic mass is 9.92. The highest BCUT2D eigenvalue weighted by atomic mass is 16.6. The van der Waals surface area contributed by atoms with Crippen molar-refractivity contribution in [3.8, 4) is 0 Å². The first-order chi connectivity index (χ1) is 9.61. The molecule has 0 radical (unpaired) electrons. The third-order valence-corrected chi connectivity index (χ3v) is 4.09. The summed E-state index contributed by atoms with van der Waals surface area (Å²) in [5.74, 6) is 0.391. The summed E-state index contributed by atoms with van der Waals surface area (Å²) in [6.07, 6.45) is 1.56. The smallest absolute Gasteiger partial charge is 0.409 e. The number of nitrogens with zero attached hydrogens (tertiary/aromatic N) is 2. The van der Waals surface area contributed by atoms with Crippen molar-refractivity contribution in [3.63, 3.8) is 0 Å². The van der Waals surface area contributed by atoms with E-state index in [2.05, 4.69) is 12.2 Å². The van der Waals surface area contributed by atoms with Crippen molar-refractivity contribution in [1.82, 2.24) is 15.1 Å². The number of hydrogen-bond acceptors (Lipinski definition) is 4. The molecule has 2 saturated heterocycles. The van der Waals surface area contributed by atoms with E-state index in [1.54, 1.807) is 11.8 Å². The zero-order valence-corrected chi connectivity index (χ0v) is 12.4. The summed E-state index contributed by atoms with van der Waals surface area (Å²) in [7, 11) is 0. The van der Waals surface area contributed by atoms with E-state index in [1.807, 2.05) is 4.90 Å². The summed E-state index contributed by atoms with van der Waals surface area (Å²) >= 11 is 0. The molecule has 0 bridgehead atoms. The van der Waals surface area contributed by atoms with E-state index >= 15 is 0 Å². The van der Waals surface area contributed by atoms with Crippen LogP contribution in [-0.4, -0.2) is 67.2 Å². The summed E-state index contributed by atoms with van der Waals surface area (Å²) < 4.78 is 4.98. The van der Waals surface area contributed by atoms with Crippen LogP contribution < -0.4 is 5.32 Å². The number of amides is 2. The molecular weight excluding hydrogens is 258 g/mol. The molecule has 0 aromatic heterocycles. The van der Waals surface area contributed by atoms with Crippen LogP contribution in [-0.2, 0) is 9.53 Å². The Balaban J connectivity index is 1.81. The lowest BCUT2D eigenvalue weighted by Crippen LogP contribution is -2.53. The van der Waals surface area contributed by atoms with E-state index in [4.69, 9.17) is 4.74 Å². The second-order valence-electron chi connectivity index (χ2n) is 5.59. The van der Waals surface area contributed by atoms with Gasteiger partial charge in [0.2, 0.25) is 5.91 Å². The fourth-order valence-corrected chi connectivity index (χ4v) is 2.94. The van der Waals surface area contributed by atoms with Gasteiger partial charge in [-0.05, 0) is 33.2 Å². The summed E-state index contributed by atoms with van der Waals surface area (Å²) in [4.78, 5) is 27.7. The minimum absolute atomic E-state index is 0.139. The SMILES string of the molecule is CCOC(=O)N1CCN(C(=O)C2CCNC(C)C2)CC1. The van der Waals surface area contributed by atoms with Gasteiger partial charge in [-0.2, -0.15) is 0 Å². The molecule has 6 heteroatoms. The van der Waals surface area contributed by atoms with Crippen LogP contribution in [0.5, 0.6) is 0 Å². The van der Waals surface area contributed by atoms with Gasteiger partial charge in [0.25, 0.3) is 0 Å². The third-order valence-electron chi connectivity index (χ3n) is 4.09. The highest BCUT2D eigenvalue weighted by molar-refractivity contribution is 5.79. The van der Waals surface area contributed by atoms with Crippen LogP contribution in [0.4, 0.5) is 4.79 Å². The average molecular weight is 283 g/mol. The Morgan fingerprint density at radius 2 is 1.85 bits per heavy atom. The lowest BCUT2D eigenvalue weighted by Gasteiger charge is -2.37. The first-order valence-electron chi connectivity index (χ1n) is 7.55. The predicted octanol–water partition coefficient (Wildman–Crippen LogP) is 0.675. The molecule has 20 heavy (non-hydrogen) atoms. The molecule has 2 atom stereocenters. The molecule has 0 aromatic carbocycles. The quantitative estimate of drug-likeness (QED) is 0.809. The van der Waals surface area contributed by atoms with E-state index < -0.39 is 0 Å². The molecule has 2 fully saturated rings. The second kappa shape index (κ2) is 6.92. The van der Waals surface area contributed by atoms with E-state index in [0.717, 1.165) is 19.4 Å². The van der Waals surface area contributed by atoms with E-state index in [-0.39, 0.29) is 17.9 Å². The summed E-state index contributed by atoms with van der Waals surface area (Å²) in [5, 5.41) is 3.37. The molecule has 2 unspecified atom stereocenters. The zero-order valence-electron chi connectivity index (χ0n) is 12.4. The Morgan fingerprint density at radius 3 is 2.45 bits per heavy atom. The Labute approximate surface area is 120 Å². The van der Waals surface area contributed by atoms with Gasteiger partial charge in [0.05, 0.1) is 6.61 Å². The van der Waals surface area contributed by atoms with Gasteiger partial charge in [-0.1, -0.05) is 0 Å². The maximum absolute atomic E-state index is 12.5. The highest BCUT2D eigenvalue weighted by Gasteiger charge is 2.31. The minimum Gasteiger partial charge on any atom is -0.450 e. The molecule has 2 aliphatic rings. The van der Waals surface area contributed by atoms with Gasteiger partial charge in [0.1, 0.15) is 0 Å². The normalized spacial score (nSPS) is 27.3. The van der Waals surface area contributed by atoms with Crippen molar-refractivity contribution in [1.29, 1.82) is 0 Å². The van der Waals surface area contributed by atoms with Crippen molar-refractivity contribution in [3.05, 3.63) is 0 Å². The van der Waals surface area contributed by atoms with Crippen molar-refractivity contribution in [2.24, 2.45) is 5.92 Å². The maximum Gasteiger partial charge on any atom is 0.409 e. The lowest BCUT2D eigenvalue weighted by molar-refractivity contribution is -0.138. The molecule has 0 aromatic rings. The Bertz CT molecular complexity index is 354. The van der Waals surface area contributed by atoms with E-state index in [0.29, 0.717) is 38.8 Å². The van der Waals surface area contributed by atoms with Crippen molar-refractivity contribution in [2.75, 3.05) is 39.3 Å². The number of piperazine rings is 1. The molecule has 2 heterocycles. The fraction of sp³-hybridized carbons (Fsp3) is 0.857. The number of nitrogens with one attached hydrogen (secondary N) is 1. The van der Waals surface area contributed by atoms with Gasteiger partial charge in [-0.15, -0.1) is 0 Å². The van der Waals surface area contributed by atoms with Crippen molar-refractivity contribution >= 4 is 12.0 Å². The molecule has 2 aliphatic heterocycles. The molecule has 114 valence electrons. The van der Waals surface area contributed by atoms with Crippen molar-refractivity contribution in [2.45, 2.75) is 32.7 Å². The fourth-order valence-electron chi connectivity index (χ4n) is 2.94. The van der Waals surface area contributed by atoms with Crippen LogP contribution >= 0.6 is 0 Å². The van der Waals surface area contributed by atoms with E-state index in [1.165, 1.54) is 0 Å². The molecule has 1 N–H and O–H groups in total. The number of carbonyl (C=O) groups excluding carboxylic acids is 2.